The maximum Gasteiger partial charge on any atom is 0.249 e. The molecule has 0 saturated heterocycles. The summed E-state index contributed by atoms with van der Waals surface area (Å²) in [5, 5.41) is 3.84. The van der Waals surface area contributed by atoms with Gasteiger partial charge in [-0.2, -0.15) is 0 Å². The van der Waals surface area contributed by atoms with Gasteiger partial charge < -0.3 is 14.5 Å². The number of nitrogens with one attached hydrogen (secondary N) is 1. The Balaban J connectivity index is 1.90. The van der Waals surface area contributed by atoms with Crippen molar-refractivity contribution in [3.8, 4) is 0 Å². The molecule has 0 aliphatic carbocycles. The van der Waals surface area contributed by atoms with Crippen molar-refractivity contribution in [2.45, 2.75) is 19.3 Å². The van der Waals surface area contributed by atoms with Crippen LogP contribution in [0.2, 0.25) is 0 Å². The van der Waals surface area contributed by atoms with Gasteiger partial charge in [-0.1, -0.05) is 30.4 Å². The molecule has 0 saturated carbocycles. The number of rotatable bonds is 4. The lowest BCUT2D eigenvalue weighted by Gasteiger charge is -2.21. The fourth-order valence-electron chi connectivity index (χ4n) is 2.93. The van der Waals surface area contributed by atoms with Crippen LogP contribution < -0.4 is 5.32 Å². The van der Waals surface area contributed by atoms with Gasteiger partial charge in [-0.05, 0) is 30.9 Å². The third kappa shape index (κ3) is 3.51. The molecule has 1 aromatic heterocycles. The Labute approximate surface area is 140 Å². The molecule has 1 unspecified atom stereocenters. The molecule has 1 amide bonds. The predicted octanol–water partition coefficient (Wildman–Crippen LogP) is 3.71. The summed E-state index contributed by atoms with van der Waals surface area (Å²) in [7, 11) is 1.67. The Hall–Kier alpha value is -1.98. The highest BCUT2D eigenvalue weighted by Crippen LogP contribution is 2.32. The normalized spacial score (nSPS) is 21.4. The van der Waals surface area contributed by atoms with Gasteiger partial charge in [0.2, 0.25) is 5.91 Å². The average molecular weight is 329 g/mol. The van der Waals surface area contributed by atoms with Gasteiger partial charge in [0.15, 0.2) is 0 Å². The van der Waals surface area contributed by atoms with Crippen molar-refractivity contribution in [1.82, 2.24) is 5.32 Å². The summed E-state index contributed by atoms with van der Waals surface area (Å²) in [6.07, 6.45) is 5.85. The fraction of sp³-hybridized carbons (Fsp3) is 0.333. The molecule has 1 aromatic carbocycles. The van der Waals surface area contributed by atoms with Crippen LogP contribution in [0, 0.1) is 5.92 Å². The Morgan fingerprint density at radius 1 is 1.39 bits per heavy atom. The highest BCUT2D eigenvalue weighted by Gasteiger charge is 2.21. The standard InChI is InChI=1S/C18H19NO3S/c1-21-9-8-12-6-7-13(10-17(20)19-18(12)23)15-11-22-16-5-3-2-4-14(15)16/h2-5,10-12H,6-9H2,1H3,(H,19,20,23)/b13-10+. The van der Waals surface area contributed by atoms with Gasteiger partial charge in [0.25, 0.3) is 0 Å². The largest absolute Gasteiger partial charge is 0.464 e. The van der Waals surface area contributed by atoms with Gasteiger partial charge in [0, 0.05) is 36.7 Å². The van der Waals surface area contributed by atoms with Crippen LogP contribution in [0.1, 0.15) is 24.8 Å². The predicted molar refractivity (Wildman–Crippen MR) is 94.1 cm³/mol. The molecule has 0 spiro atoms. The zero-order chi connectivity index (χ0) is 16.2. The zero-order valence-corrected chi connectivity index (χ0v) is 13.8. The van der Waals surface area contributed by atoms with E-state index in [4.69, 9.17) is 21.4 Å². The second-order valence-electron chi connectivity index (χ2n) is 5.69. The summed E-state index contributed by atoms with van der Waals surface area (Å²) in [4.78, 5) is 12.8. The molecule has 0 bridgehead atoms. The van der Waals surface area contributed by atoms with Crippen molar-refractivity contribution >= 4 is 39.7 Å². The first-order chi connectivity index (χ1) is 11.2. The van der Waals surface area contributed by atoms with Gasteiger partial charge in [-0.25, -0.2) is 0 Å². The first-order valence-corrected chi connectivity index (χ1v) is 8.11. The van der Waals surface area contributed by atoms with Gasteiger partial charge in [-0.15, -0.1) is 0 Å². The van der Waals surface area contributed by atoms with E-state index in [1.54, 1.807) is 19.4 Å². The Bertz CT molecular complexity index is 762. The molecule has 2 aromatic rings. The summed E-state index contributed by atoms with van der Waals surface area (Å²) in [6.45, 7) is 0.633. The van der Waals surface area contributed by atoms with E-state index in [2.05, 4.69) is 5.32 Å². The summed E-state index contributed by atoms with van der Waals surface area (Å²) < 4.78 is 10.8. The summed E-state index contributed by atoms with van der Waals surface area (Å²) in [6, 6.07) is 7.85. The van der Waals surface area contributed by atoms with Crippen molar-refractivity contribution in [3.63, 3.8) is 0 Å². The van der Waals surface area contributed by atoms with Crippen LogP contribution in [0.3, 0.4) is 0 Å². The number of para-hydroxylation sites is 1. The molecule has 5 heteroatoms. The molecule has 1 N–H and O–H groups in total. The summed E-state index contributed by atoms with van der Waals surface area (Å²) >= 11 is 5.34. The third-order valence-corrected chi connectivity index (χ3v) is 4.62. The molecule has 0 radical (unpaired) electrons. The number of hydrogen-bond donors (Lipinski definition) is 1. The molecule has 1 aliphatic rings. The van der Waals surface area contributed by atoms with Crippen molar-refractivity contribution in [2.24, 2.45) is 5.92 Å². The lowest BCUT2D eigenvalue weighted by atomic mass is 9.91. The third-order valence-electron chi connectivity index (χ3n) is 4.18. The van der Waals surface area contributed by atoms with Crippen LogP contribution in [0.5, 0.6) is 0 Å². The Morgan fingerprint density at radius 2 is 2.22 bits per heavy atom. The van der Waals surface area contributed by atoms with Gasteiger partial charge in [0.05, 0.1) is 11.3 Å². The molecule has 120 valence electrons. The fourth-order valence-corrected chi connectivity index (χ4v) is 3.26. The summed E-state index contributed by atoms with van der Waals surface area (Å²) in [5.74, 6) is -0.0202. The molecule has 2 heterocycles. The quantitative estimate of drug-likeness (QED) is 0.869. The molecule has 4 nitrogen and oxygen atoms in total. The van der Waals surface area contributed by atoms with Crippen LogP contribution in [0.4, 0.5) is 0 Å². The molecule has 23 heavy (non-hydrogen) atoms. The van der Waals surface area contributed by atoms with E-state index in [-0.39, 0.29) is 11.8 Å². The van der Waals surface area contributed by atoms with E-state index < -0.39 is 0 Å². The van der Waals surface area contributed by atoms with E-state index in [9.17, 15) is 4.79 Å². The maximum absolute atomic E-state index is 12.2. The first-order valence-electron chi connectivity index (χ1n) is 7.70. The number of ether oxygens (including phenoxy) is 1. The number of allylic oxidation sites excluding steroid dienone is 1. The molecule has 0 fully saturated rings. The van der Waals surface area contributed by atoms with E-state index in [1.807, 2.05) is 24.3 Å². The smallest absolute Gasteiger partial charge is 0.249 e. The lowest BCUT2D eigenvalue weighted by molar-refractivity contribution is -0.115. The van der Waals surface area contributed by atoms with Gasteiger partial charge in [0.1, 0.15) is 5.58 Å². The number of amides is 1. The number of fused-ring (bicyclic) bond motifs is 1. The molecule has 1 atom stereocenters. The minimum absolute atomic E-state index is 0.149. The lowest BCUT2D eigenvalue weighted by Crippen LogP contribution is -2.35. The second kappa shape index (κ2) is 7.06. The summed E-state index contributed by atoms with van der Waals surface area (Å²) in [5.41, 5.74) is 2.80. The second-order valence-corrected chi connectivity index (χ2v) is 6.13. The Kier molecular flexibility index (Phi) is 4.88. The Morgan fingerprint density at radius 3 is 3.04 bits per heavy atom. The number of furan rings is 1. The number of thiocarbonyl (C=S) groups is 1. The number of carbonyl (C=O) groups excluding carboxylic acids is 1. The zero-order valence-electron chi connectivity index (χ0n) is 13.0. The molecule has 1 aliphatic heterocycles. The molecular weight excluding hydrogens is 310 g/mol. The minimum atomic E-state index is -0.169. The highest BCUT2D eigenvalue weighted by atomic mass is 32.1. The topological polar surface area (TPSA) is 51.5 Å². The maximum atomic E-state index is 12.2. The monoisotopic (exact) mass is 329 g/mol. The molecular formula is C18H19NO3S. The van der Waals surface area contributed by atoms with Gasteiger partial charge >= 0.3 is 0 Å². The van der Waals surface area contributed by atoms with Crippen LogP contribution in [-0.2, 0) is 9.53 Å². The van der Waals surface area contributed by atoms with E-state index in [1.165, 1.54) is 0 Å². The number of hydrogen-bond acceptors (Lipinski definition) is 4. The van der Waals surface area contributed by atoms with Crippen LogP contribution in [0.25, 0.3) is 16.5 Å². The number of methoxy groups -OCH3 is 1. The first kappa shape index (κ1) is 15.9. The van der Waals surface area contributed by atoms with Crippen molar-refractivity contribution in [1.29, 1.82) is 0 Å². The van der Waals surface area contributed by atoms with E-state index >= 15 is 0 Å². The van der Waals surface area contributed by atoms with E-state index in [0.29, 0.717) is 11.6 Å². The minimum Gasteiger partial charge on any atom is -0.464 e. The average Bonchev–Trinajstić information content (AvgIpc) is 2.96. The number of benzene rings is 1. The van der Waals surface area contributed by atoms with Gasteiger partial charge in [-0.3, -0.25) is 4.79 Å². The van der Waals surface area contributed by atoms with Crippen LogP contribution in [0.15, 0.2) is 41.0 Å². The SMILES string of the molecule is COCCC1CC/C(c2coc3ccccc23)=C\C(=O)NC1=S. The number of carbonyl (C=O) groups is 1. The van der Waals surface area contributed by atoms with Crippen molar-refractivity contribution < 1.29 is 13.9 Å². The van der Waals surface area contributed by atoms with Crippen LogP contribution >= 0.6 is 12.2 Å². The highest BCUT2D eigenvalue weighted by molar-refractivity contribution is 7.80. The van der Waals surface area contributed by atoms with Crippen LogP contribution in [-0.4, -0.2) is 24.6 Å². The van der Waals surface area contributed by atoms with Crippen molar-refractivity contribution in [2.75, 3.05) is 13.7 Å². The van der Waals surface area contributed by atoms with Crippen molar-refractivity contribution in [3.05, 3.63) is 42.2 Å². The molecule has 3 rings (SSSR count). The van der Waals surface area contributed by atoms with E-state index in [0.717, 1.165) is 41.4 Å².